The van der Waals surface area contributed by atoms with Gasteiger partial charge in [-0.1, -0.05) is 54.4 Å². The number of carbonyl (C=O) groups is 1. The summed E-state index contributed by atoms with van der Waals surface area (Å²) in [5.74, 6) is 0.203. The zero-order valence-electron chi connectivity index (χ0n) is 19.7. The summed E-state index contributed by atoms with van der Waals surface area (Å²) in [6.07, 6.45) is 0.857. The van der Waals surface area contributed by atoms with Gasteiger partial charge < -0.3 is 9.73 Å². The smallest absolute Gasteiger partial charge is 0.261 e. The zero-order valence-corrected chi connectivity index (χ0v) is 20.5. The van der Waals surface area contributed by atoms with E-state index in [1.807, 2.05) is 32.9 Å². The number of benzene rings is 3. The van der Waals surface area contributed by atoms with Crippen LogP contribution in [0, 0.1) is 20.8 Å². The molecule has 0 amide bonds. The lowest BCUT2D eigenvalue weighted by atomic mass is 9.99. The Bertz CT molecular complexity index is 1450. The van der Waals surface area contributed by atoms with E-state index in [1.165, 1.54) is 0 Å². The molecule has 176 valence electrons. The van der Waals surface area contributed by atoms with Crippen molar-refractivity contribution < 1.29 is 17.6 Å². The van der Waals surface area contributed by atoms with Crippen molar-refractivity contribution in [3.8, 4) is 0 Å². The highest BCUT2D eigenvalue weighted by Gasteiger charge is 2.24. The van der Waals surface area contributed by atoms with E-state index in [0.717, 1.165) is 17.5 Å². The molecule has 0 aliphatic heterocycles. The van der Waals surface area contributed by atoms with Crippen molar-refractivity contribution in [1.82, 2.24) is 0 Å². The number of furan rings is 1. The van der Waals surface area contributed by atoms with Gasteiger partial charge in [-0.25, -0.2) is 8.42 Å². The number of sulfonamides is 1. The van der Waals surface area contributed by atoms with Gasteiger partial charge >= 0.3 is 0 Å². The van der Waals surface area contributed by atoms with Crippen molar-refractivity contribution in [2.24, 2.45) is 0 Å². The SMILES string of the molecule is CCCNc1oc2cc(C)c(NS(=O)(=O)c3ccc(C)cc3)cc2c1C(=O)c1ccc(C)cc1. The van der Waals surface area contributed by atoms with Crippen LogP contribution in [0.4, 0.5) is 11.6 Å². The normalized spacial score (nSPS) is 11.5. The molecule has 7 heteroatoms. The summed E-state index contributed by atoms with van der Waals surface area (Å²) in [6.45, 7) is 8.33. The highest BCUT2D eigenvalue weighted by atomic mass is 32.2. The molecule has 0 unspecified atom stereocenters. The van der Waals surface area contributed by atoms with E-state index in [4.69, 9.17) is 4.42 Å². The third-order valence-corrected chi connectivity index (χ3v) is 7.07. The molecule has 1 heterocycles. The van der Waals surface area contributed by atoms with Crippen LogP contribution in [0.1, 0.15) is 46.0 Å². The van der Waals surface area contributed by atoms with E-state index in [0.29, 0.717) is 45.8 Å². The van der Waals surface area contributed by atoms with Crippen LogP contribution in [-0.4, -0.2) is 20.7 Å². The number of hydrogen-bond acceptors (Lipinski definition) is 5. The van der Waals surface area contributed by atoms with E-state index >= 15 is 0 Å². The lowest BCUT2D eigenvalue weighted by Gasteiger charge is -2.11. The number of ketones is 1. The Labute approximate surface area is 200 Å². The monoisotopic (exact) mass is 476 g/mol. The molecule has 4 aromatic rings. The molecule has 0 aliphatic carbocycles. The standard InChI is InChI=1S/C27H28N2O4S/c1-5-14-28-27-25(26(30)20-10-6-17(2)7-11-20)22-16-23(19(4)15-24(22)33-27)29-34(31,32)21-12-8-18(3)9-13-21/h6-13,15-16,28-29H,5,14H2,1-4H3. The maximum absolute atomic E-state index is 13.5. The fraction of sp³-hybridized carbons (Fsp3) is 0.222. The molecule has 6 nitrogen and oxygen atoms in total. The Morgan fingerprint density at radius 3 is 2.15 bits per heavy atom. The molecular formula is C27H28N2O4S. The largest absolute Gasteiger partial charge is 0.440 e. The van der Waals surface area contributed by atoms with Gasteiger partial charge in [0.05, 0.1) is 16.1 Å². The van der Waals surface area contributed by atoms with E-state index in [-0.39, 0.29) is 10.7 Å². The summed E-state index contributed by atoms with van der Waals surface area (Å²) in [6, 6.07) is 17.4. The number of aryl methyl sites for hydroxylation is 3. The molecule has 0 radical (unpaired) electrons. The number of rotatable bonds is 8. The average Bonchev–Trinajstić information content (AvgIpc) is 3.14. The summed E-state index contributed by atoms with van der Waals surface area (Å²) in [5, 5.41) is 3.76. The van der Waals surface area contributed by atoms with Crippen LogP contribution in [0.5, 0.6) is 0 Å². The Hall–Kier alpha value is -3.58. The quantitative estimate of drug-likeness (QED) is 0.295. The van der Waals surface area contributed by atoms with Crippen molar-refractivity contribution in [1.29, 1.82) is 0 Å². The summed E-state index contributed by atoms with van der Waals surface area (Å²) >= 11 is 0. The van der Waals surface area contributed by atoms with Gasteiger partial charge in [-0.3, -0.25) is 9.52 Å². The zero-order chi connectivity index (χ0) is 24.5. The van der Waals surface area contributed by atoms with Crippen LogP contribution in [0.15, 0.2) is 70.0 Å². The van der Waals surface area contributed by atoms with Gasteiger partial charge in [-0.2, -0.15) is 0 Å². The molecule has 1 aromatic heterocycles. The van der Waals surface area contributed by atoms with Crippen molar-refractivity contribution >= 4 is 38.3 Å². The Morgan fingerprint density at radius 2 is 1.53 bits per heavy atom. The second-order valence-electron chi connectivity index (χ2n) is 8.51. The summed E-state index contributed by atoms with van der Waals surface area (Å²) in [7, 11) is -3.80. The second kappa shape index (κ2) is 9.35. The fourth-order valence-corrected chi connectivity index (χ4v) is 4.83. The van der Waals surface area contributed by atoms with Crippen LogP contribution in [0.3, 0.4) is 0 Å². The predicted octanol–water partition coefficient (Wildman–Crippen LogP) is 6.21. The van der Waals surface area contributed by atoms with Gasteiger partial charge in [-0.05, 0) is 57.0 Å². The molecule has 0 atom stereocenters. The maximum Gasteiger partial charge on any atom is 0.261 e. The molecule has 2 N–H and O–H groups in total. The summed E-state index contributed by atoms with van der Waals surface area (Å²) in [5.41, 5.74) is 4.56. The van der Waals surface area contributed by atoms with Gasteiger partial charge in [0.15, 0.2) is 5.78 Å². The third kappa shape index (κ3) is 4.70. The molecule has 4 rings (SSSR count). The predicted molar refractivity (Wildman–Crippen MR) is 136 cm³/mol. The minimum absolute atomic E-state index is 0.172. The van der Waals surface area contributed by atoms with E-state index in [2.05, 4.69) is 10.0 Å². The fourth-order valence-electron chi connectivity index (χ4n) is 3.71. The number of anilines is 2. The van der Waals surface area contributed by atoms with Crippen LogP contribution in [-0.2, 0) is 10.0 Å². The lowest BCUT2D eigenvalue weighted by molar-refractivity contribution is 0.104. The highest BCUT2D eigenvalue weighted by molar-refractivity contribution is 7.92. The van der Waals surface area contributed by atoms with Crippen molar-refractivity contribution in [3.63, 3.8) is 0 Å². The Balaban J connectivity index is 1.82. The molecular weight excluding hydrogens is 448 g/mol. The van der Waals surface area contributed by atoms with E-state index < -0.39 is 10.0 Å². The van der Waals surface area contributed by atoms with Crippen molar-refractivity contribution in [3.05, 3.63) is 88.5 Å². The summed E-state index contributed by atoms with van der Waals surface area (Å²) < 4.78 is 34.7. The minimum Gasteiger partial charge on any atom is -0.440 e. The molecule has 0 bridgehead atoms. The molecule has 0 saturated carbocycles. The van der Waals surface area contributed by atoms with Crippen molar-refractivity contribution in [2.75, 3.05) is 16.6 Å². The Morgan fingerprint density at radius 1 is 0.912 bits per heavy atom. The van der Waals surface area contributed by atoms with Gasteiger partial charge in [0.2, 0.25) is 5.88 Å². The Kier molecular flexibility index (Phi) is 6.48. The number of carbonyl (C=O) groups excluding carboxylic acids is 1. The highest BCUT2D eigenvalue weighted by Crippen LogP contribution is 2.36. The first kappa shape index (κ1) is 23.6. The van der Waals surface area contributed by atoms with Crippen LogP contribution < -0.4 is 10.0 Å². The average molecular weight is 477 g/mol. The molecule has 3 aromatic carbocycles. The van der Waals surface area contributed by atoms with Crippen LogP contribution >= 0.6 is 0 Å². The number of fused-ring (bicyclic) bond motifs is 1. The number of hydrogen-bond donors (Lipinski definition) is 2. The minimum atomic E-state index is -3.80. The lowest BCUT2D eigenvalue weighted by Crippen LogP contribution is -2.14. The molecule has 0 aliphatic rings. The van der Waals surface area contributed by atoms with Gasteiger partial charge in [0.25, 0.3) is 10.0 Å². The molecule has 0 saturated heterocycles. The molecule has 0 fully saturated rings. The topological polar surface area (TPSA) is 88.4 Å². The first-order valence-corrected chi connectivity index (χ1v) is 12.7. The van der Waals surface area contributed by atoms with E-state index in [9.17, 15) is 13.2 Å². The van der Waals surface area contributed by atoms with E-state index in [1.54, 1.807) is 55.5 Å². The molecule has 34 heavy (non-hydrogen) atoms. The maximum atomic E-state index is 13.5. The summed E-state index contributed by atoms with van der Waals surface area (Å²) in [4.78, 5) is 13.7. The first-order chi connectivity index (χ1) is 16.2. The van der Waals surface area contributed by atoms with Crippen LogP contribution in [0.25, 0.3) is 11.0 Å². The van der Waals surface area contributed by atoms with Crippen molar-refractivity contribution in [2.45, 2.75) is 39.0 Å². The number of nitrogens with one attached hydrogen (secondary N) is 2. The van der Waals surface area contributed by atoms with Gasteiger partial charge in [0, 0.05) is 17.5 Å². The molecule has 0 spiro atoms. The first-order valence-electron chi connectivity index (χ1n) is 11.2. The second-order valence-corrected chi connectivity index (χ2v) is 10.2. The third-order valence-electron chi connectivity index (χ3n) is 5.69. The van der Waals surface area contributed by atoms with Crippen LogP contribution in [0.2, 0.25) is 0 Å². The van der Waals surface area contributed by atoms with Gasteiger partial charge in [0.1, 0.15) is 5.58 Å². The van der Waals surface area contributed by atoms with Gasteiger partial charge in [-0.15, -0.1) is 0 Å².